The number of ether oxygens (including phenoxy) is 1. The smallest absolute Gasteiger partial charge is 0.222 e. The van der Waals surface area contributed by atoms with Crippen LogP contribution in [0.5, 0.6) is 0 Å². The van der Waals surface area contributed by atoms with Crippen molar-refractivity contribution in [1.82, 2.24) is 10.6 Å². The summed E-state index contributed by atoms with van der Waals surface area (Å²) < 4.78 is 5.63. The Hall–Kier alpha value is -0.610. The van der Waals surface area contributed by atoms with Gasteiger partial charge in [-0.15, -0.1) is 0 Å². The summed E-state index contributed by atoms with van der Waals surface area (Å²) in [5, 5.41) is 6.12. The lowest BCUT2D eigenvalue weighted by Gasteiger charge is -2.22. The first-order chi connectivity index (χ1) is 7.33. The fourth-order valence-electron chi connectivity index (χ4n) is 1.63. The highest BCUT2D eigenvalue weighted by molar-refractivity contribution is 5.75. The van der Waals surface area contributed by atoms with Gasteiger partial charge < -0.3 is 15.4 Å². The molecule has 0 atom stereocenters. The van der Waals surface area contributed by atoms with E-state index in [9.17, 15) is 4.79 Å². The van der Waals surface area contributed by atoms with E-state index in [1.807, 2.05) is 6.92 Å². The zero-order valence-electron chi connectivity index (χ0n) is 9.55. The van der Waals surface area contributed by atoms with Crippen LogP contribution in [0.25, 0.3) is 0 Å². The molecule has 0 aliphatic carbocycles. The number of amides is 1. The average molecular weight is 214 g/mol. The van der Waals surface area contributed by atoms with Gasteiger partial charge >= 0.3 is 0 Å². The predicted molar refractivity (Wildman–Crippen MR) is 59.8 cm³/mol. The molecule has 4 heteroatoms. The van der Waals surface area contributed by atoms with Gasteiger partial charge in [0.05, 0.1) is 12.7 Å². The normalized spacial score (nSPS) is 17.7. The Kier molecular flexibility index (Phi) is 6.36. The van der Waals surface area contributed by atoms with Crippen molar-refractivity contribution in [1.29, 1.82) is 0 Å². The summed E-state index contributed by atoms with van der Waals surface area (Å²) in [5.41, 5.74) is 0. The third-order valence-electron chi connectivity index (χ3n) is 2.54. The van der Waals surface area contributed by atoms with Gasteiger partial charge in [0.15, 0.2) is 0 Å². The van der Waals surface area contributed by atoms with Crippen LogP contribution in [-0.4, -0.2) is 38.3 Å². The van der Waals surface area contributed by atoms with E-state index >= 15 is 0 Å². The number of piperidine rings is 1. The monoisotopic (exact) mass is 214 g/mol. The summed E-state index contributed by atoms with van der Waals surface area (Å²) >= 11 is 0. The number of carbonyl (C=O) groups is 1. The van der Waals surface area contributed by atoms with Crippen LogP contribution in [0.3, 0.4) is 0 Å². The average Bonchev–Trinajstić information content (AvgIpc) is 2.28. The molecule has 0 spiro atoms. The molecule has 1 amide bonds. The Morgan fingerprint density at radius 3 is 2.87 bits per heavy atom. The molecule has 0 aromatic carbocycles. The third-order valence-corrected chi connectivity index (χ3v) is 2.54. The van der Waals surface area contributed by atoms with E-state index in [4.69, 9.17) is 4.74 Å². The second kappa shape index (κ2) is 7.65. The van der Waals surface area contributed by atoms with Gasteiger partial charge in [-0.1, -0.05) is 6.92 Å². The minimum atomic E-state index is 0.103. The highest BCUT2D eigenvalue weighted by Crippen LogP contribution is 2.07. The van der Waals surface area contributed by atoms with E-state index in [0.717, 1.165) is 38.9 Å². The van der Waals surface area contributed by atoms with Crippen LogP contribution >= 0.6 is 0 Å². The lowest BCUT2D eigenvalue weighted by Crippen LogP contribution is -2.33. The molecule has 1 saturated heterocycles. The van der Waals surface area contributed by atoms with E-state index in [1.165, 1.54) is 0 Å². The van der Waals surface area contributed by atoms with Crippen molar-refractivity contribution in [2.75, 3.05) is 26.2 Å². The van der Waals surface area contributed by atoms with Gasteiger partial charge in [-0.2, -0.15) is 0 Å². The van der Waals surface area contributed by atoms with Gasteiger partial charge in [-0.05, 0) is 32.4 Å². The highest BCUT2D eigenvalue weighted by atomic mass is 16.5. The Bertz CT molecular complexity index is 179. The number of rotatable bonds is 6. The number of nitrogens with one attached hydrogen (secondary N) is 2. The van der Waals surface area contributed by atoms with E-state index in [0.29, 0.717) is 19.1 Å². The third kappa shape index (κ3) is 5.74. The molecular weight excluding hydrogens is 192 g/mol. The Morgan fingerprint density at radius 1 is 1.47 bits per heavy atom. The van der Waals surface area contributed by atoms with E-state index < -0.39 is 0 Å². The van der Waals surface area contributed by atoms with Crippen LogP contribution in [0.2, 0.25) is 0 Å². The molecule has 0 radical (unpaired) electrons. The van der Waals surface area contributed by atoms with Crippen molar-refractivity contribution in [3.63, 3.8) is 0 Å². The van der Waals surface area contributed by atoms with E-state index in [1.54, 1.807) is 0 Å². The zero-order chi connectivity index (χ0) is 10.9. The van der Waals surface area contributed by atoms with Crippen LogP contribution in [0.4, 0.5) is 0 Å². The van der Waals surface area contributed by atoms with Crippen molar-refractivity contribution in [2.24, 2.45) is 0 Å². The first kappa shape index (κ1) is 12.5. The number of carbonyl (C=O) groups excluding carboxylic acids is 1. The summed E-state index contributed by atoms with van der Waals surface area (Å²) in [4.78, 5) is 11.2. The molecule has 1 aliphatic rings. The van der Waals surface area contributed by atoms with E-state index in [-0.39, 0.29) is 5.91 Å². The van der Waals surface area contributed by atoms with Crippen molar-refractivity contribution in [3.05, 3.63) is 0 Å². The molecule has 1 rings (SSSR count). The molecule has 1 aliphatic heterocycles. The van der Waals surface area contributed by atoms with Crippen molar-refractivity contribution in [2.45, 2.75) is 38.7 Å². The fourth-order valence-corrected chi connectivity index (χ4v) is 1.63. The molecule has 1 fully saturated rings. The number of hydrogen-bond acceptors (Lipinski definition) is 3. The standard InChI is InChI=1S/C11H22N2O2/c1-2-6-13-11(14)5-9-15-10-3-7-12-8-4-10/h10,12H,2-9H2,1H3,(H,13,14). The molecule has 0 bridgehead atoms. The van der Waals surface area contributed by atoms with Gasteiger partial charge in [-0.25, -0.2) is 0 Å². The zero-order valence-corrected chi connectivity index (χ0v) is 9.55. The SMILES string of the molecule is CCCNC(=O)CCOC1CCNCC1. The lowest BCUT2D eigenvalue weighted by molar-refractivity contribution is -0.122. The Morgan fingerprint density at radius 2 is 2.20 bits per heavy atom. The quantitative estimate of drug-likeness (QED) is 0.683. The molecule has 0 aromatic heterocycles. The summed E-state index contributed by atoms with van der Waals surface area (Å²) in [7, 11) is 0. The molecule has 15 heavy (non-hydrogen) atoms. The molecular formula is C11H22N2O2. The highest BCUT2D eigenvalue weighted by Gasteiger charge is 2.13. The maximum atomic E-state index is 11.2. The Labute approximate surface area is 91.8 Å². The van der Waals surface area contributed by atoms with Crippen LogP contribution in [0, 0.1) is 0 Å². The minimum Gasteiger partial charge on any atom is -0.378 e. The van der Waals surface area contributed by atoms with Gasteiger partial charge in [0.1, 0.15) is 0 Å². The first-order valence-corrected chi connectivity index (χ1v) is 5.92. The second-order valence-corrected chi connectivity index (χ2v) is 3.92. The summed E-state index contributed by atoms with van der Waals surface area (Å²) in [6.07, 6.45) is 3.96. The van der Waals surface area contributed by atoms with Crippen LogP contribution < -0.4 is 10.6 Å². The van der Waals surface area contributed by atoms with Gasteiger partial charge in [0.25, 0.3) is 0 Å². The molecule has 4 nitrogen and oxygen atoms in total. The van der Waals surface area contributed by atoms with Gasteiger partial charge in [-0.3, -0.25) is 4.79 Å². The molecule has 0 unspecified atom stereocenters. The Balaban J connectivity index is 1.97. The van der Waals surface area contributed by atoms with Gasteiger partial charge in [0, 0.05) is 13.0 Å². The van der Waals surface area contributed by atoms with Crippen molar-refractivity contribution in [3.8, 4) is 0 Å². The summed E-state index contributed by atoms with van der Waals surface area (Å²) in [5.74, 6) is 0.103. The summed E-state index contributed by atoms with van der Waals surface area (Å²) in [6, 6.07) is 0. The minimum absolute atomic E-state index is 0.103. The van der Waals surface area contributed by atoms with Crippen LogP contribution in [0.15, 0.2) is 0 Å². The molecule has 0 aromatic rings. The van der Waals surface area contributed by atoms with Crippen molar-refractivity contribution >= 4 is 5.91 Å². The number of hydrogen-bond donors (Lipinski definition) is 2. The fraction of sp³-hybridized carbons (Fsp3) is 0.909. The van der Waals surface area contributed by atoms with E-state index in [2.05, 4.69) is 10.6 Å². The molecule has 88 valence electrons. The lowest BCUT2D eigenvalue weighted by atomic mass is 10.1. The molecule has 1 heterocycles. The maximum Gasteiger partial charge on any atom is 0.222 e. The molecule has 0 saturated carbocycles. The molecule has 2 N–H and O–H groups in total. The van der Waals surface area contributed by atoms with Gasteiger partial charge in [0.2, 0.25) is 5.91 Å². The second-order valence-electron chi connectivity index (χ2n) is 3.92. The largest absolute Gasteiger partial charge is 0.378 e. The first-order valence-electron chi connectivity index (χ1n) is 5.92. The van der Waals surface area contributed by atoms with Crippen molar-refractivity contribution < 1.29 is 9.53 Å². The maximum absolute atomic E-state index is 11.2. The summed E-state index contributed by atoms with van der Waals surface area (Å²) in [6.45, 7) is 5.44. The predicted octanol–water partition coefficient (Wildman–Crippen LogP) is 0.671. The topological polar surface area (TPSA) is 50.4 Å². The van der Waals surface area contributed by atoms with Crippen LogP contribution in [0.1, 0.15) is 32.6 Å². The van der Waals surface area contributed by atoms with Crippen LogP contribution in [-0.2, 0) is 9.53 Å².